The van der Waals surface area contributed by atoms with Crippen molar-refractivity contribution >= 4 is 46.2 Å². The van der Waals surface area contributed by atoms with Crippen molar-refractivity contribution in [3.05, 3.63) is 65.6 Å². The molecule has 0 bridgehead atoms. The predicted molar refractivity (Wildman–Crippen MR) is 225 cm³/mol. The number of aromatic amines is 1. The van der Waals surface area contributed by atoms with Gasteiger partial charge in [0, 0.05) is 37.4 Å². The van der Waals surface area contributed by atoms with Crippen LogP contribution in [0.2, 0.25) is 0 Å². The van der Waals surface area contributed by atoms with Crippen LogP contribution >= 0.6 is 0 Å². The van der Waals surface area contributed by atoms with Crippen LogP contribution in [0, 0.1) is 5.92 Å². The average Bonchev–Trinajstić information content (AvgIpc) is 4.09. The lowest BCUT2D eigenvalue weighted by atomic mass is 9.90. The predicted octanol–water partition coefficient (Wildman–Crippen LogP) is 6.60. The molecular formula is C45H53N7O8. The van der Waals surface area contributed by atoms with E-state index in [1.807, 2.05) is 16.0 Å². The van der Waals surface area contributed by atoms with Gasteiger partial charge in [0.25, 0.3) is 0 Å². The molecule has 60 heavy (non-hydrogen) atoms. The first-order valence-corrected chi connectivity index (χ1v) is 20.8. The van der Waals surface area contributed by atoms with Gasteiger partial charge >= 0.3 is 12.2 Å². The summed E-state index contributed by atoms with van der Waals surface area (Å²) >= 11 is 0. The Kier molecular flexibility index (Phi) is 11.3. The fourth-order valence-electron chi connectivity index (χ4n) is 9.44. The molecule has 15 heteroatoms. The molecule has 4 amide bonds. The molecule has 8 rings (SSSR count). The summed E-state index contributed by atoms with van der Waals surface area (Å²) in [6.07, 6.45) is 3.72. The Morgan fingerprint density at radius 1 is 0.950 bits per heavy atom. The molecule has 4 aliphatic heterocycles. The number of methoxy groups -OCH3 is 3. The third-order valence-electron chi connectivity index (χ3n) is 12.7. The van der Waals surface area contributed by atoms with Crippen LogP contribution < -0.4 is 15.4 Å². The van der Waals surface area contributed by atoms with E-state index >= 15 is 0 Å². The number of benzene rings is 3. The molecule has 15 nitrogen and oxygen atoms in total. The number of nitrogens with zero attached hydrogens (tertiary/aromatic N) is 4. The van der Waals surface area contributed by atoms with Gasteiger partial charge in [0.2, 0.25) is 11.8 Å². The zero-order valence-electron chi connectivity index (χ0n) is 35.2. The normalized spacial score (nSPS) is 21.9. The lowest BCUT2D eigenvalue weighted by molar-refractivity contribution is -0.137. The molecule has 316 valence electrons. The largest absolute Gasteiger partial charge is 0.488 e. The van der Waals surface area contributed by atoms with Gasteiger partial charge in [-0.1, -0.05) is 32.0 Å². The van der Waals surface area contributed by atoms with E-state index in [0.29, 0.717) is 25.4 Å². The molecule has 0 aliphatic carbocycles. The van der Waals surface area contributed by atoms with Crippen LogP contribution in [0.4, 0.5) is 15.3 Å². The minimum atomic E-state index is -0.901. The summed E-state index contributed by atoms with van der Waals surface area (Å²) in [6.45, 7) is 8.57. The Hall–Kier alpha value is -5.96. The zero-order chi connectivity index (χ0) is 42.4. The number of imidazole rings is 1. The maximum absolute atomic E-state index is 14.0. The smallest absolute Gasteiger partial charge is 0.407 e. The number of ether oxygens (including phenoxy) is 4. The first kappa shape index (κ1) is 40.8. The quantitative estimate of drug-likeness (QED) is 0.159. The summed E-state index contributed by atoms with van der Waals surface area (Å²) in [5.41, 5.74) is 7.89. The first-order chi connectivity index (χ1) is 28.9. The first-order valence-electron chi connectivity index (χ1n) is 20.8. The van der Waals surface area contributed by atoms with Crippen molar-refractivity contribution in [1.82, 2.24) is 30.4 Å². The van der Waals surface area contributed by atoms with Crippen molar-refractivity contribution in [2.24, 2.45) is 10.9 Å². The van der Waals surface area contributed by atoms with Crippen LogP contribution in [-0.4, -0.2) is 108 Å². The van der Waals surface area contributed by atoms with Gasteiger partial charge in [0.1, 0.15) is 30.3 Å². The molecule has 0 radical (unpaired) electrons. The van der Waals surface area contributed by atoms with Gasteiger partial charge in [0.15, 0.2) is 0 Å². The average molecular weight is 820 g/mol. The Morgan fingerprint density at radius 2 is 1.73 bits per heavy atom. The number of aromatic nitrogens is 2. The maximum atomic E-state index is 14.0. The summed E-state index contributed by atoms with van der Waals surface area (Å²) in [7, 11) is 4.07. The van der Waals surface area contributed by atoms with E-state index in [0.717, 1.165) is 87.1 Å². The van der Waals surface area contributed by atoms with Crippen molar-refractivity contribution in [3.8, 4) is 28.1 Å². The van der Waals surface area contributed by atoms with Gasteiger partial charge < -0.3 is 44.4 Å². The Labute approximate surface area is 349 Å². The van der Waals surface area contributed by atoms with E-state index in [9.17, 15) is 19.2 Å². The number of fused-ring (bicyclic) bond motifs is 6. The third-order valence-corrected chi connectivity index (χ3v) is 12.7. The highest BCUT2D eigenvalue weighted by molar-refractivity contribution is 6.06. The maximum Gasteiger partial charge on any atom is 0.407 e. The van der Waals surface area contributed by atoms with Crippen molar-refractivity contribution < 1.29 is 38.1 Å². The van der Waals surface area contributed by atoms with E-state index < -0.39 is 30.4 Å². The van der Waals surface area contributed by atoms with Gasteiger partial charge in [-0.25, -0.2) is 14.6 Å². The van der Waals surface area contributed by atoms with E-state index in [2.05, 4.69) is 71.9 Å². The third kappa shape index (κ3) is 7.43. The molecule has 3 N–H and O–H groups in total. The molecule has 5 heterocycles. The zero-order valence-corrected chi connectivity index (χ0v) is 35.2. The number of amides is 4. The second-order valence-corrected chi connectivity index (χ2v) is 16.4. The lowest BCUT2D eigenvalue weighted by Gasteiger charge is -2.31. The van der Waals surface area contributed by atoms with E-state index in [1.165, 1.54) is 21.3 Å². The van der Waals surface area contributed by atoms with Crippen LogP contribution in [0.25, 0.3) is 33.2 Å². The highest BCUT2D eigenvalue weighted by Crippen LogP contribution is 2.45. The molecule has 2 saturated heterocycles. The number of hydrogen-bond donors (Lipinski definition) is 3. The number of nitrogens with one attached hydrogen (secondary N) is 3. The molecule has 1 aromatic heterocycles. The number of carbonyl (C=O) groups excluding carboxylic acids is 4. The number of likely N-dealkylation sites (tertiary alicyclic amines) is 2. The Bertz CT molecular complexity index is 2380. The molecular weight excluding hydrogens is 767 g/mol. The second kappa shape index (κ2) is 16.6. The van der Waals surface area contributed by atoms with Crippen molar-refractivity contribution in [2.45, 2.75) is 103 Å². The summed E-state index contributed by atoms with van der Waals surface area (Å²) in [5.74, 6) is 1.39. The molecule has 2 fully saturated rings. The van der Waals surface area contributed by atoms with Crippen molar-refractivity contribution in [3.63, 3.8) is 0 Å². The Balaban J connectivity index is 1.01. The van der Waals surface area contributed by atoms with Gasteiger partial charge in [-0.3, -0.25) is 14.6 Å². The summed E-state index contributed by atoms with van der Waals surface area (Å²) in [6, 6.07) is 12.8. The minimum Gasteiger partial charge on any atom is -0.488 e. The monoisotopic (exact) mass is 819 g/mol. The molecule has 0 spiro atoms. The number of rotatable bonds is 10. The van der Waals surface area contributed by atoms with Gasteiger partial charge in [0.05, 0.1) is 50.0 Å². The second-order valence-electron chi connectivity index (χ2n) is 16.4. The fraction of sp³-hybridized carbons (Fsp3) is 0.467. The summed E-state index contributed by atoms with van der Waals surface area (Å²) in [5, 5.41) is 7.43. The number of carbonyl (C=O) groups is 4. The van der Waals surface area contributed by atoms with Crippen LogP contribution in [0.1, 0.15) is 76.4 Å². The molecule has 7 atom stereocenters. The highest BCUT2D eigenvalue weighted by Gasteiger charge is 2.43. The van der Waals surface area contributed by atoms with Crippen LogP contribution in [-0.2, 0) is 36.8 Å². The van der Waals surface area contributed by atoms with Gasteiger partial charge in [-0.15, -0.1) is 0 Å². The van der Waals surface area contributed by atoms with Crippen LogP contribution in [0.5, 0.6) is 5.75 Å². The number of H-pyrrole nitrogens is 1. The molecule has 4 aromatic rings. The van der Waals surface area contributed by atoms with Gasteiger partial charge in [-0.05, 0) is 103 Å². The number of alkyl carbamates (subject to hydrolysis) is 2. The molecule has 0 unspecified atom stereocenters. The highest BCUT2D eigenvalue weighted by atomic mass is 16.5. The van der Waals surface area contributed by atoms with Crippen molar-refractivity contribution in [1.29, 1.82) is 0 Å². The molecule has 3 aromatic carbocycles. The Morgan fingerprint density at radius 3 is 2.48 bits per heavy atom. The van der Waals surface area contributed by atoms with E-state index in [4.69, 9.17) is 28.9 Å². The minimum absolute atomic E-state index is 0.0457. The van der Waals surface area contributed by atoms with Crippen LogP contribution in [0.3, 0.4) is 0 Å². The molecule has 4 aliphatic rings. The van der Waals surface area contributed by atoms with Crippen molar-refractivity contribution in [2.75, 3.05) is 27.9 Å². The van der Waals surface area contributed by atoms with E-state index in [-0.39, 0.29) is 35.9 Å². The summed E-state index contributed by atoms with van der Waals surface area (Å²) in [4.78, 5) is 68.7. The lowest BCUT2D eigenvalue weighted by Crippen LogP contribution is -2.56. The summed E-state index contributed by atoms with van der Waals surface area (Å²) < 4.78 is 21.5. The standard InChI is InChI=1S/C45H53N7O8/c1-8-29-11-14-37(52(29)42(53)24(3)47-44(55)58-6)41-46-20-36(49-41)27-9-12-30-28(16-27)22-60-39-19-31-26(17-33(30)39)10-13-34-32(31)18-35(48-34)38-15-23(2)21-51(38)43(54)40(25(4)57-5)50-45(56)59-7/h9-10,12-13,16-17,19-20,23-25,29,37-38,40H,8,11,14-15,18,21-22H2,1-7H3,(H,46,49)(H,47,55)(H,50,56)/t23-,24-,25+,29-,37-,38-,40-/m0/s1. The fourth-order valence-corrected chi connectivity index (χ4v) is 9.44. The van der Waals surface area contributed by atoms with Crippen LogP contribution in [0.15, 0.2) is 53.7 Å². The molecule has 0 saturated carbocycles. The topological polar surface area (TPSA) is 177 Å². The SMILES string of the molecule is CC[C@H]1CC[C@@H](c2ncc(-c3ccc4c(c3)COc3cc5c6c(ccc5cc3-4)N=C([C@@H]3C[C@H](C)CN3C(=O)[C@@H](NC(=O)OC)[C@@H](C)OC)C6)[nH]2)N1C(=O)[C@H](C)NC(=O)OC. The van der Waals surface area contributed by atoms with E-state index in [1.54, 1.807) is 13.8 Å². The van der Waals surface area contributed by atoms with Gasteiger partial charge in [-0.2, -0.15) is 0 Å². The number of hydrogen-bond acceptors (Lipinski definition) is 10. The number of aliphatic imine (C=N–C) groups is 1.